The molecule has 0 aliphatic carbocycles. The number of hydrogen-bond donors (Lipinski definition) is 0. The lowest BCUT2D eigenvalue weighted by atomic mass is 10.3. The number of halogens is 1. The Morgan fingerprint density at radius 1 is 1.09 bits per heavy atom. The third-order valence-corrected chi connectivity index (χ3v) is 4.79. The van der Waals surface area contributed by atoms with Crippen LogP contribution in [0.25, 0.3) is 0 Å². The molecule has 4 nitrogen and oxygen atoms in total. The maximum Gasteiger partial charge on any atom is 0.469 e. The molecule has 0 aliphatic rings. The molecule has 0 radical (unpaired) electrons. The summed E-state index contributed by atoms with van der Waals surface area (Å²) >= 11 is 0. The summed E-state index contributed by atoms with van der Waals surface area (Å²) in [5.74, 6) is -1.61. The highest BCUT2D eigenvalue weighted by molar-refractivity contribution is 7.55. The molecule has 23 heavy (non-hydrogen) atoms. The largest absolute Gasteiger partial charge is 0.469 e. The Labute approximate surface area is 134 Å². The number of alkyl halides is 1. The van der Waals surface area contributed by atoms with Crippen LogP contribution in [0.2, 0.25) is 0 Å². The number of hydrogen-bond acceptors (Lipinski definition) is 4. The number of rotatable bonds is 6. The van der Waals surface area contributed by atoms with Crippen LogP contribution in [0.4, 0.5) is 4.39 Å². The van der Waals surface area contributed by atoms with Crippen LogP contribution in [0.3, 0.4) is 0 Å². The van der Waals surface area contributed by atoms with Gasteiger partial charge in [-0.3, -0.25) is 0 Å². The minimum absolute atomic E-state index is 0.0253. The lowest BCUT2D eigenvalue weighted by Crippen LogP contribution is -2.14. The quantitative estimate of drug-likeness (QED) is 0.545. The molecule has 2 rings (SSSR count). The predicted molar refractivity (Wildman–Crippen MR) is 86.0 cm³/mol. The van der Waals surface area contributed by atoms with E-state index in [0.717, 1.165) is 6.08 Å². The fourth-order valence-corrected chi connectivity index (χ4v) is 3.41. The van der Waals surface area contributed by atoms with Crippen molar-refractivity contribution in [2.24, 2.45) is 0 Å². The van der Waals surface area contributed by atoms with Gasteiger partial charge in [0.25, 0.3) is 0 Å². The molecule has 0 saturated heterocycles. The number of nitrogens with zero attached hydrogens (tertiary/aromatic N) is 1. The van der Waals surface area contributed by atoms with E-state index in [-0.39, 0.29) is 17.1 Å². The predicted octanol–water partition coefficient (Wildman–Crippen LogP) is 5.10. The van der Waals surface area contributed by atoms with Crippen LogP contribution in [-0.4, -0.2) is 5.91 Å². The van der Waals surface area contributed by atoms with Crippen LogP contribution in [0.5, 0.6) is 11.5 Å². The Hall–Kier alpha value is -2.57. The van der Waals surface area contributed by atoms with Crippen LogP contribution in [0, 0.1) is 11.3 Å². The number of benzene rings is 2. The molecule has 2 aromatic rings. The van der Waals surface area contributed by atoms with Crippen LogP contribution < -0.4 is 9.05 Å². The van der Waals surface area contributed by atoms with Gasteiger partial charge in [-0.25, -0.2) is 8.96 Å². The Morgan fingerprint density at radius 2 is 1.52 bits per heavy atom. The summed E-state index contributed by atoms with van der Waals surface area (Å²) in [5, 5.41) is 8.67. The van der Waals surface area contributed by atoms with E-state index in [9.17, 15) is 8.96 Å². The smallest absolute Gasteiger partial charge is 0.414 e. The molecule has 0 heterocycles. The Morgan fingerprint density at radius 3 is 1.91 bits per heavy atom. The van der Waals surface area contributed by atoms with Crippen molar-refractivity contribution in [1.82, 2.24) is 0 Å². The summed E-state index contributed by atoms with van der Waals surface area (Å²) in [7, 11) is -4.23. The Kier molecular flexibility index (Phi) is 5.56. The Bertz CT molecular complexity index is 711. The van der Waals surface area contributed by atoms with E-state index < -0.39 is 13.5 Å². The Balaban J connectivity index is 2.36. The van der Waals surface area contributed by atoms with Crippen molar-refractivity contribution in [3.05, 3.63) is 72.3 Å². The molecule has 1 atom stereocenters. The zero-order valence-electron chi connectivity index (χ0n) is 12.4. The van der Waals surface area contributed by atoms with Gasteiger partial charge in [-0.05, 0) is 36.8 Å². The van der Waals surface area contributed by atoms with Crippen molar-refractivity contribution in [1.29, 1.82) is 5.26 Å². The zero-order chi connectivity index (χ0) is 16.7. The van der Waals surface area contributed by atoms with E-state index in [0.29, 0.717) is 0 Å². The van der Waals surface area contributed by atoms with Gasteiger partial charge in [-0.2, -0.15) is 5.26 Å². The second kappa shape index (κ2) is 7.62. The average Bonchev–Trinajstić information content (AvgIpc) is 2.56. The molecule has 0 aliphatic heterocycles. The fraction of sp³-hybridized carbons (Fsp3) is 0.118. The summed E-state index contributed by atoms with van der Waals surface area (Å²) in [6, 6.07) is 18.1. The SMILES string of the molecule is C/C(=C\C#N)C(F)P(=O)(Oc1ccccc1)Oc1ccccc1. The molecule has 0 spiro atoms. The van der Waals surface area contributed by atoms with Gasteiger partial charge < -0.3 is 9.05 Å². The number of para-hydroxylation sites is 2. The van der Waals surface area contributed by atoms with Crippen LogP contribution in [0.1, 0.15) is 6.92 Å². The van der Waals surface area contributed by atoms with Crippen LogP contribution in [0.15, 0.2) is 72.3 Å². The second-order valence-corrected chi connectivity index (χ2v) is 6.60. The van der Waals surface area contributed by atoms with E-state index in [1.807, 2.05) is 0 Å². The maximum atomic E-state index is 14.7. The molecule has 0 saturated carbocycles. The molecule has 0 aromatic heterocycles. The molecular weight excluding hydrogens is 316 g/mol. The highest BCUT2D eigenvalue weighted by atomic mass is 31.2. The van der Waals surface area contributed by atoms with Crippen molar-refractivity contribution < 1.29 is 18.0 Å². The molecule has 0 bridgehead atoms. The lowest BCUT2D eigenvalue weighted by molar-refractivity contribution is 0.330. The van der Waals surface area contributed by atoms with Crippen molar-refractivity contribution in [3.8, 4) is 17.6 Å². The second-order valence-electron chi connectivity index (χ2n) is 4.70. The first-order valence-corrected chi connectivity index (χ1v) is 8.46. The van der Waals surface area contributed by atoms with Gasteiger partial charge in [-0.1, -0.05) is 36.4 Å². The lowest BCUT2D eigenvalue weighted by Gasteiger charge is -2.23. The molecule has 2 aromatic carbocycles. The minimum atomic E-state index is -4.23. The third-order valence-electron chi connectivity index (χ3n) is 2.90. The van der Waals surface area contributed by atoms with E-state index >= 15 is 0 Å². The number of nitriles is 1. The minimum Gasteiger partial charge on any atom is -0.414 e. The van der Waals surface area contributed by atoms with Gasteiger partial charge >= 0.3 is 7.60 Å². The molecule has 118 valence electrons. The third kappa shape index (κ3) is 4.45. The monoisotopic (exact) mass is 331 g/mol. The normalized spacial score (nSPS) is 13.0. The van der Waals surface area contributed by atoms with E-state index in [2.05, 4.69) is 0 Å². The van der Waals surface area contributed by atoms with Crippen LogP contribution in [-0.2, 0) is 4.57 Å². The van der Waals surface area contributed by atoms with E-state index in [1.54, 1.807) is 66.7 Å². The summed E-state index contributed by atoms with van der Waals surface area (Å²) in [6.07, 6.45) is 0.986. The topological polar surface area (TPSA) is 59.3 Å². The summed E-state index contributed by atoms with van der Waals surface area (Å²) in [4.78, 5) is 0. The van der Waals surface area contributed by atoms with Gasteiger partial charge in [0, 0.05) is 6.08 Å². The first-order chi connectivity index (χ1) is 11.0. The first-order valence-electron chi connectivity index (χ1n) is 6.84. The number of allylic oxidation sites excluding steroid dienone is 2. The zero-order valence-corrected chi connectivity index (χ0v) is 13.3. The van der Waals surface area contributed by atoms with Gasteiger partial charge in [0.05, 0.1) is 6.07 Å². The summed E-state index contributed by atoms with van der Waals surface area (Å²) < 4.78 is 38.4. The van der Waals surface area contributed by atoms with Crippen molar-refractivity contribution in [2.75, 3.05) is 0 Å². The molecular formula is C17H15FNO3P. The van der Waals surface area contributed by atoms with E-state index in [4.69, 9.17) is 14.3 Å². The molecule has 0 N–H and O–H groups in total. The summed E-state index contributed by atoms with van der Waals surface area (Å²) in [6.45, 7) is 1.36. The highest BCUT2D eigenvalue weighted by Crippen LogP contribution is 2.55. The fourth-order valence-electron chi connectivity index (χ4n) is 1.79. The maximum absolute atomic E-state index is 14.7. The van der Waals surface area contributed by atoms with Crippen molar-refractivity contribution in [2.45, 2.75) is 12.8 Å². The molecule has 6 heteroatoms. The van der Waals surface area contributed by atoms with Crippen molar-refractivity contribution >= 4 is 7.60 Å². The average molecular weight is 331 g/mol. The summed E-state index contributed by atoms with van der Waals surface area (Å²) in [5.41, 5.74) is -0.0253. The molecule has 0 amide bonds. The molecule has 0 fully saturated rings. The van der Waals surface area contributed by atoms with Crippen molar-refractivity contribution in [3.63, 3.8) is 0 Å². The highest BCUT2D eigenvalue weighted by Gasteiger charge is 2.41. The molecule has 1 unspecified atom stereocenters. The van der Waals surface area contributed by atoms with Gasteiger partial charge in [0.15, 0.2) is 0 Å². The van der Waals surface area contributed by atoms with E-state index in [1.165, 1.54) is 6.92 Å². The standard InChI is InChI=1S/C17H15FNO3P/c1-14(12-13-19)17(18)23(20,21-15-8-4-2-5-9-15)22-16-10-6-3-7-11-16/h2-12,17H,1H3/b14-12+. The van der Waals surface area contributed by atoms with Gasteiger partial charge in [-0.15, -0.1) is 0 Å². The first kappa shape index (κ1) is 16.8. The van der Waals surface area contributed by atoms with Crippen LogP contribution >= 0.6 is 7.60 Å². The van der Waals surface area contributed by atoms with Gasteiger partial charge in [0.2, 0.25) is 5.91 Å². The van der Waals surface area contributed by atoms with Gasteiger partial charge in [0.1, 0.15) is 11.5 Å².